The van der Waals surface area contributed by atoms with Crippen molar-refractivity contribution in [3.63, 3.8) is 0 Å². The Labute approximate surface area is 156 Å². The third-order valence-electron chi connectivity index (χ3n) is 4.80. The Morgan fingerprint density at radius 3 is 2.15 bits per heavy atom. The van der Waals surface area contributed by atoms with Gasteiger partial charge in [0, 0.05) is 13.0 Å². The number of rotatable bonds is 3. The van der Waals surface area contributed by atoms with Gasteiger partial charge >= 0.3 is 6.09 Å². The molecule has 0 bridgehead atoms. The van der Waals surface area contributed by atoms with E-state index in [9.17, 15) is 14.7 Å². The summed E-state index contributed by atoms with van der Waals surface area (Å²) < 4.78 is 5.42. The van der Waals surface area contributed by atoms with E-state index in [1.807, 2.05) is 24.3 Å². The quantitative estimate of drug-likeness (QED) is 0.831. The average Bonchev–Trinajstić information content (AvgIpc) is 2.90. The Morgan fingerprint density at radius 1 is 1.12 bits per heavy atom. The minimum absolute atomic E-state index is 0.0283. The van der Waals surface area contributed by atoms with Gasteiger partial charge in [0.25, 0.3) is 0 Å². The van der Waals surface area contributed by atoms with Crippen molar-refractivity contribution in [2.24, 2.45) is 0 Å². The molecule has 1 aliphatic rings. The second-order valence-corrected chi connectivity index (χ2v) is 9.18. The monoisotopic (exact) mass is 360 g/mol. The minimum atomic E-state index is -1.36. The first kappa shape index (κ1) is 20.3. The largest absolute Gasteiger partial charge is 0.548 e. The molecule has 0 spiro atoms. The number of amides is 1. The van der Waals surface area contributed by atoms with Crippen molar-refractivity contribution in [3.05, 3.63) is 35.4 Å². The Balaban J connectivity index is 2.29. The smallest absolute Gasteiger partial charge is 0.411 e. The first-order valence-corrected chi connectivity index (χ1v) is 9.17. The lowest BCUT2D eigenvalue weighted by Gasteiger charge is -2.40. The highest BCUT2D eigenvalue weighted by Crippen LogP contribution is 2.34. The summed E-state index contributed by atoms with van der Waals surface area (Å²) >= 11 is 0. The van der Waals surface area contributed by atoms with Gasteiger partial charge in [-0.1, -0.05) is 45.0 Å². The number of benzene rings is 1. The molecule has 1 saturated heterocycles. The van der Waals surface area contributed by atoms with Crippen LogP contribution < -0.4 is 5.11 Å². The summed E-state index contributed by atoms with van der Waals surface area (Å²) in [5.41, 5.74) is 0.0504. The number of likely N-dealkylation sites (tertiary alicyclic amines) is 1. The standard InChI is InChI=1S/C21H31NO4/c1-19(2,3)16-10-8-15(9-11-16)14-21(17(23)24)12-7-13-22(21)18(25)26-20(4,5)6/h8-11H,7,12-14H2,1-6H3,(H,23,24)/p-1/t21-/m1/s1. The van der Waals surface area contributed by atoms with Crippen LogP contribution in [-0.4, -0.2) is 34.6 Å². The van der Waals surface area contributed by atoms with Crippen LogP contribution >= 0.6 is 0 Å². The molecule has 1 aliphatic heterocycles. The van der Waals surface area contributed by atoms with Crippen LogP contribution in [0.1, 0.15) is 65.5 Å². The summed E-state index contributed by atoms with van der Waals surface area (Å²) in [7, 11) is 0. The summed E-state index contributed by atoms with van der Waals surface area (Å²) in [6.45, 7) is 12.1. The van der Waals surface area contributed by atoms with Crippen molar-refractivity contribution >= 4 is 12.1 Å². The SMILES string of the molecule is CC(C)(C)OC(=O)N1CCC[C@@]1(Cc1ccc(C(C)(C)C)cc1)C(=O)[O-]. The molecule has 1 aromatic rings. The van der Waals surface area contributed by atoms with E-state index >= 15 is 0 Å². The molecule has 144 valence electrons. The highest BCUT2D eigenvalue weighted by atomic mass is 16.6. The fourth-order valence-corrected chi connectivity index (χ4v) is 3.39. The first-order valence-electron chi connectivity index (χ1n) is 9.17. The van der Waals surface area contributed by atoms with Crippen LogP contribution in [0.25, 0.3) is 0 Å². The zero-order valence-electron chi connectivity index (χ0n) is 16.7. The van der Waals surface area contributed by atoms with Crippen LogP contribution in [0.3, 0.4) is 0 Å². The lowest BCUT2D eigenvalue weighted by molar-refractivity contribution is -0.317. The van der Waals surface area contributed by atoms with Gasteiger partial charge in [0.15, 0.2) is 0 Å². The number of aliphatic carboxylic acids is 1. The fourth-order valence-electron chi connectivity index (χ4n) is 3.39. The molecule has 26 heavy (non-hydrogen) atoms. The number of nitrogens with zero attached hydrogens (tertiary/aromatic N) is 1. The number of carbonyl (C=O) groups excluding carboxylic acids is 2. The molecular formula is C21H30NO4-. The van der Waals surface area contributed by atoms with Crippen molar-refractivity contribution in [1.82, 2.24) is 4.90 Å². The van der Waals surface area contributed by atoms with E-state index in [2.05, 4.69) is 20.8 Å². The van der Waals surface area contributed by atoms with Gasteiger partial charge in [-0.15, -0.1) is 0 Å². The summed E-state index contributed by atoms with van der Waals surface area (Å²) in [6.07, 6.45) is 0.618. The molecule has 2 rings (SSSR count). The summed E-state index contributed by atoms with van der Waals surface area (Å²) in [5, 5.41) is 12.1. The topological polar surface area (TPSA) is 69.7 Å². The van der Waals surface area contributed by atoms with Crippen LogP contribution in [0.4, 0.5) is 4.79 Å². The van der Waals surface area contributed by atoms with E-state index < -0.39 is 23.2 Å². The van der Waals surface area contributed by atoms with Gasteiger partial charge in [-0.05, 0) is 50.2 Å². The third kappa shape index (κ3) is 4.37. The van der Waals surface area contributed by atoms with Crippen molar-refractivity contribution in [3.8, 4) is 0 Å². The van der Waals surface area contributed by atoms with Gasteiger partial charge < -0.3 is 14.6 Å². The zero-order chi connectivity index (χ0) is 19.8. The van der Waals surface area contributed by atoms with Gasteiger partial charge in [0.2, 0.25) is 0 Å². The van der Waals surface area contributed by atoms with E-state index in [-0.39, 0.29) is 11.8 Å². The predicted octanol–water partition coefficient (Wildman–Crippen LogP) is 3.05. The van der Waals surface area contributed by atoms with Gasteiger partial charge in [-0.3, -0.25) is 4.90 Å². The van der Waals surface area contributed by atoms with Crippen molar-refractivity contribution in [1.29, 1.82) is 0 Å². The highest BCUT2D eigenvalue weighted by Gasteiger charge is 2.46. The molecular weight excluding hydrogens is 330 g/mol. The third-order valence-corrected chi connectivity index (χ3v) is 4.80. The van der Waals surface area contributed by atoms with Crippen LogP contribution in [0.5, 0.6) is 0 Å². The Bertz CT molecular complexity index is 667. The maximum absolute atomic E-state index is 12.6. The molecule has 5 heteroatoms. The molecule has 1 atom stereocenters. The summed E-state index contributed by atoms with van der Waals surface area (Å²) in [5.74, 6) is -1.22. The van der Waals surface area contributed by atoms with E-state index in [4.69, 9.17) is 4.74 Å². The molecule has 0 N–H and O–H groups in total. The molecule has 0 saturated carbocycles. The first-order chi connectivity index (χ1) is 11.8. The normalized spacial score (nSPS) is 20.9. The summed E-state index contributed by atoms with van der Waals surface area (Å²) in [6, 6.07) is 7.92. The number of ether oxygens (including phenoxy) is 1. The van der Waals surface area contributed by atoms with E-state index in [1.165, 1.54) is 10.5 Å². The maximum Gasteiger partial charge on any atom is 0.411 e. The molecule has 1 amide bonds. The lowest BCUT2D eigenvalue weighted by Crippen LogP contribution is -2.60. The number of hydrogen-bond donors (Lipinski definition) is 0. The molecule has 1 aromatic carbocycles. The molecule has 0 aliphatic carbocycles. The number of carboxylic acid groups (broad SMARTS) is 1. The van der Waals surface area contributed by atoms with E-state index in [0.29, 0.717) is 19.4 Å². The number of hydrogen-bond acceptors (Lipinski definition) is 4. The zero-order valence-corrected chi connectivity index (χ0v) is 16.7. The van der Waals surface area contributed by atoms with Crippen LogP contribution in [0, 0.1) is 0 Å². The van der Waals surface area contributed by atoms with Gasteiger partial charge in [-0.25, -0.2) is 4.79 Å². The molecule has 5 nitrogen and oxygen atoms in total. The average molecular weight is 360 g/mol. The fraction of sp³-hybridized carbons (Fsp3) is 0.619. The van der Waals surface area contributed by atoms with E-state index in [0.717, 1.165) is 5.56 Å². The van der Waals surface area contributed by atoms with Crippen molar-refractivity contribution in [2.75, 3.05) is 6.54 Å². The van der Waals surface area contributed by atoms with Crippen molar-refractivity contribution in [2.45, 2.75) is 77.4 Å². The van der Waals surface area contributed by atoms with Gasteiger partial charge in [0.1, 0.15) is 5.60 Å². The lowest BCUT2D eigenvalue weighted by atomic mass is 9.84. The Kier molecular flexibility index (Phi) is 5.41. The molecule has 0 aromatic heterocycles. The predicted molar refractivity (Wildman–Crippen MR) is 98.8 cm³/mol. The second kappa shape index (κ2) is 6.93. The number of carboxylic acids is 1. The minimum Gasteiger partial charge on any atom is -0.548 e. The van der Waals surface area contributed by atoms with Crippen LogP contribution in [0.2, 0.25) is 0 Å². The maximum atomic E-state index is 12.6. The Hall–Kier alpha value is -2.04. The molecule has 0 unspecified atom stereocenters. The van der Waals surface area contributed by atoms with Crippen molar-refractivity contribution < 1.29 is 19.4 Å². The number of carbonyl (C=O) groups is 2. The molecule has 1 fully saturated rings. The Morgan fingerprint density at radius 2 is 1.69 bits per heavy atom. The van der Waals surface area contributed by atoms with Crippen LogP contribution in [0.15, 0.2) is 24.3 Å². The van der Waals surface area contributed by atoms with Gasteiger partial charge in [0.05, 0.1) is 11.5 Å². The van der Waals surface area contributed by atoms with Gasteiger partial charge in [-0.2, -0.15) is 0 Å². The second-order valence-electron chi connectivity index (χ2n) is 9.18. The molecule has 0 radical (unpaired) electrons. The summed E-state index contributed by atoms with van der Waals surface area (Å²) in [4.78, 5) is 26.0. The molecule has 1 heterocycles. The van der Waals surface area contributed by atoms with E-state index in [1.54, 1.807) is 20.8 Å². The highest BCUT2D eigenvalue weighted by molar-refractivity contribution is 5.84. The van der Waals surface area contributed by atoms with Crippen LogP contribution in [-0.2, 0) is 21.4 Å².